The predicted octanol–water partition coefficient (Wildman–Crippen LogP) is 3.27. The standard InChI is InChI=1S/C46H65N5O11/c1-28(2)41-44(58)47-37(27-33-16-11-17-34(53)26-33)45(59)50-24-13-18-36(49-50)46(60)61-39(29(3)14-10-21-40(55)51-25-12-15-31(5)62-51)20-9-7-8-19-38(54)32(6)42(56)35(43(57)48-41)23-22-30(4)52/h7-11,14,16-17,19,21,26,28,31-32,35-39,41-42,49,53-54,56H,12-13,15,18,20,22-25,27H2,1-6H3,(H,47,58)(H,48,57)/b9-7+,19-8+,21-10+,29-14+/t31?,32-,35+,36?,37-,38-,39-,41-,42+/m0/s1. The second-order valence-electron chi connectivity index (χ2n) is 16.9. The summed E-state index contributed by atoms with van der Waals surface area (Å²) < 4.78 is 6.06. The summed E-state index contributed by atoms with van der Waals surface area (Å²) in [6, 6.07) is 2.90. The van der Waals surface area contributed by atoms with Gasteiger partial charge in [-0.3, -0.25) is 33.8 Å². The Balaban J connectivity index is 1.70. The van der Waals surface area contributed by atoms with E-state index < -0.39 is 77.9 Å². The number of esters is 1. The third kappa shape index (κ3) is 14.7. The molecule has 16 heteroatoms. The zero-order valence-electron chi connectivity index (χ0n) is 36.7. The maximum atomic E-state index is 14.4. The number of cyclic esters (lactones) is 1. The van der Waals surface area contributed by atoms with Gasteiger partial charge in [-0.05, 0) is 82.1 Å². The van der Waals surface area contributed by atoms with Gasteiger partial charge >= 0.3 is 5.97 Å². The molecular formula is C46H65N5O11. The van der Waals surface area contributed by atoms with Crippen LogP contribution >= 0.6 is 0 Å². The lowest BCUT2D eigenvalue weighted by molar-refractivity contribution is -0.213. The number of hydrogen-bond acceptors (Lipinski definition) is 12. The number of ketones is 1. The smallest absolute Gasteiger partial charge is 0.325 e. The number of aliphatic hydroxyl groups excluding tert-OH is 2. The van der Waals surface area contributed by atoms with Crippen LogP contribution in [0.3, 0.4) is 0 Å². The summed E-state index contributed by atoms with van der Waals surface area (Å²) in [7, 11) is 0. The molecule has 3 aliphatic rings. The van der Waals surface area contributed by atoms with Gasteiger partial charge in [-0.15, -0.1) is 0 Å². The number of nitrogens with one attached hydrogen (secondary N) is 3. The Hall–Kier alpha value is -5.16. The average molecular weight is 864 g/mol. The summed E-state index contributed by atoms with van der Waals surface area (Å²) in [6.45, 7) is 10.7. The molecule has 16 nitrogen and oxygen atoms in total. The second kappa shape index (κ2) is 23.9. The molecule has 1 aromatic carbocycles. The number of hydroxylamine groups is 2. The monoisotopic (exact) mass is 863 g/mol. The third-order valence-electron chi connectivity index (χ3n) is 11.4. The molecule has 62 heavy (non-hydrogen) atoms. The Labute approximate surface area is 364 Å². The average Bonchev–Trinajstić information content (AvgIpc) is 3.23. The van der Waals surface area contributed by atoms with Crippen LogP contribution in [-0.2, 0) is 44.8 Å². The molecule has 0 radical (unpaired) electrons. The molecule has 4 rings (SSSR count). The number of amides is 4. The molecule has 4 amide bonds. The van der Waals surface area contributed by atoms with Gasteiger partial charge < -0.3 is 35.5 Å². The number of hydrazine groups is 1. The van der Waals surface area contributed by atoms with Crippen molar-refractivity contribution in [3.05, 3.63) is 77.9 Å². The normalized spacial score (nSPS) is 30.1. The van der Waals surface area contributed by atoms with Gasteiger partial charge in [0.25, 0.3) is 11.8 Å². The molecule has 3 heterocycles. The summed E-state index contributed by atoms with van der Waals surface area (Å²) in [6.07, 6.45) is 10.0. The molecule has 2 fully saturated rings. The number of phenolic OH excluding ortho intramolecular Hbond substituents is 1. The molecule has 3 aliphatic heterocycles. The fraction of sp³-hybridized carbons (Fsp3) is 0.565. The summed E-state index contributed by atoms with van der Waals surface area (Å²) >= 11 is 0. The van der Waals surface area contributed by atoms with E-state index >= 15 is 0 Å². The van der Waals surface area contributed by atoms with E-state index in [1.807, 2.05) is 6.92 Å². The van der Waals surface area contributed by atoms with E-state index in [0.29, 0.717) is 30.5 Å². The Morgan fingerprint density at radius 1 is 0.984 bits per heavy atom. The van der Waals surface area contributed by atoms with Gasteiger partial charge in [-0.1, -0.05) is 69.4 Å². The summed E-state index contributed by atoms with van der Waals surface area (Å²) in [5.41, 5.74) is 4.15. The highest BCUT2D eigenvalue weighted by molar-refractivity contribution is 5.93. The van der Waals surface area contributed by atoms with Crippen molar-refractivity contribution in [2.75, 3.05) is 13.1 Å². The van der Waals surface area contributed by atoms with E-state index in [1.165, 1.54) is 41.3 Å². The first kappa shape index (κ1) is 49.5. The highest BCUT2D eigenvalue weighted by Crippen LogP contribution is 2.24. The SMILES string of the molecule is CC(=O)CC[C@H]1C(=O)N[C@@H](C(C)C)C(=O)N[C@@H](Cc2cccc(O)c2)C(=O)N2CCCC(N2)C(=O)O[C@H](/C(C)=C/C=C/C(=O)N2CCCC(C)O2)C/C=C/C=C/[C@H](O)[C@H](C)[C@H]1O. The molecule has 340 valence electrons. The Kier molecular flexibility index (Phi) is 19.1. The summed E-state index contributed by atoms with van der Waals surface area (Å²) in [4.78, 5) is 86.8. The fourth-order valence-corrected chi connectivity index (χ4v) is 7.53. The van der Waals surface area contributed by atoms with Crippen LogP contribution in [-0.4, -0.2) is 116 Å². The number of aromatic hydroxyl groups is 1. The van der Waals surface area contributed by atoms with Crippen molar-refractivity contribution >= 4 is 35.4 Å². The zero-order chi connectivity index (χ0) is 45.5. The van der Waals surface area contributed by atoms with Gasteiger partial charge in [0.2, 0.25) is 11.8 Å². The van der Waals surface area contributed by atoms with Gasteiger partial charge in [0.15, 0.2) is 0 Å². The highest BCUT2D eigenvalue weighted by atomic mass is 16.7. The summed E-state index contributed by atoms with van der Waals surface area (Å²) in [5, 5.41) is 41.0. The third-order valence-corrected chi connectivity index (χ3v) is 11.4. The van der Waals surface area contributed by atoms with E-state index in [2.05, 4.69) is 16.1 Å². The minimum Gasteiger partial charge on any atom is -0.508 e. The van der Waals surface area contributed by atoms with Crippen LogP contribution in [0.15, 0.2) is 72.4 Å². The maximum absolute atomic E-state index is 14.4. The Bertz CT molecular complexity index is 1860. The highest BCUT2D eigenvalue weighted by Gasteiger charge is 2.38. The molecule has 0 aliphatic carbocycles. The van der Waals surface area contributed by atoms with E-state index in [1.54, 1.807) is 70.2 Å². The first-order valence-corrected chi connectivity index (χ1v) is 21.6. The van der Waals surface area contributed by atoms with Crippen molar-refractivity contribution in [2.45, 2.75) is 135 Å². The zero-order valence-corrected chi connectivity index (χ0v) is 36.7. The van der Waals surface area contributed by atoms with Crippen molar-refractivity contribution in [3.63, 3.8) is 0 Å². The molecule has 1 aromatic rings. The number of benzene rings is 1. The number of phenols is 1. The lowest BCUT2D eigenvalue weighted by Crippen LogP contribution is -2.62. The number of Topliss-reactive ketones (excluding diaryl/α,β-unsaturated/α-hetero) is 1. The number of fused-ring (bicyclic) bond motifs is 2. The quantitative estimate of drug-likeness (QED) is 0.120. The molecule has 2 unspecified atom stereocenters. The van der Waals surface area contributed by atoms with Crippen molar-refractivity contribution in [1.29, 1.82) is 0 Å². The number of hydrogen-bond donors (Lipinski definition) is 6. The molecular weight excluding hydrogens is 799 g/mol. The van der Waals surface area contributed by atoms with Crippen LogP contribution in [0.25, 0.3) is 0 Å². The van der Waals surface area contributed by atoms with Crippen molar-refractivity contribution in [2.24, 2.45) is 17.8 Å². The number of carbonyl (C=O) groups excluding carboxylic acids is 6. The van der Waals surface area contributed by atoms with Crippen LogP contribution in [0, 0.1) is 17.8 Å². The maximum Gasteiger partial charge on any atom is 0.325 e. The van der Waals surface area contributed by atoms with E-state index in [0.717, 1.165) is 12.8 Å². The van der Waals surface area contributed by atoms with Gasteiger partial charge in [-0.2, -0.15) is 0 Å². The molecule has 0 saturated carbocycles. The number of nitrogens with zero attached hydrogens (tertiary/aromatic N) is 2. The Morgan fingerprint density at radius 2 is 1.73 bits per heavy atom. The van der Waals surface area contributed by atoms with Crippen molar-refractivity contribution in [3.8, 4) is 5.75 Å². The van der Waals surface area contributed by atoms with Gasteiger partial charge in [0.05, 0.1) is 24.2 Å². The number of aliphatic hydroxyl groups is 2. The molecule has 6 N–H and O–H groups in total. The fourth-order valence-electron chi connectivity index (χ4n) is 7.53. The summed E-state index contributed by atoms with van der Waals surface area (Å²) in [5.74, 6) is -5.72. The first-order chi connectivity index (χ1) is 29.4. The minimum absolute atomic E-state index is 0.0305. The predicted molar refractivity (Wildman–Crippen MR) is 230 cm³/mol. The lowest BCUT2D eigenvalue weighted by Gasteiger charge is -2.36. The van der Waals surface area contributed by atoms with Gasteiger partial charge in [0, 0.05) is 44.3 Å². The molecule has 0 spiro atoms. The number of ether oxygens (including phenoxy) is 1. The largest absolute Gasteiger partial charge is 0.508 e. The van der Waals surface area contributed by atoms with Gasteiger partial charge in [0.1, 0.15) is 35.8 Å². The van der Waals surface area contributed by atoms with E-state index in [-0.39, 0.29) is 55.8 Å². The number of rotatable bonds is 9. The van der Waals surface area contributed by atoms with Crippen molar-refractivity contribution < 1.29 is 53.7 Å². The van der Waals surface area contributed by atoms with Crippen LogP contribution in [0.4, 0.5) is 0 Å². The van der Waals surface area contributed by atoms with Crippen LogP contribution in [0.1, 0.15) is 92.1 Å². The number of carbonyl (C=O) groups is 6. The molecule has 2 bridgehead atoms. The van der Waals surface area contributed by atoms with Crippen LogP contribution in [0.5, 0.6) is 5.75 Å². The van der Waals surface area contributed by atoms with Crippen molar-refractivity contribution in [1.82, 2.24) is 26.1 Å². The van der Waals surface area contributed by atoms with Gasteiger partial charge in [-0.25, -0.2) is 10.5 Å². The van der Waals surface area contributed by atoms with Crippen LogP contribution < -0.4 is 16.1 Å². The van der Waals surface area contributed by atoms with E-state index in [9.17, 15) is 44.1 Å². The topological polar surface area (TPSA) is 224 Å². The number of allylic oxidation sites excluding steroid dienone is 4. The molecule has 9 atom stereocenters. The Morgan fingerprint density at radius 3 is 2.42 bits per heavy atom. The van der Waals surface area contributed by atoms with Crippen LogP contribution in [0.2, 0.25) is 0 Å². The second-order valence-corrected chi connectivity index (χ2v) is 16.9. The molecule has 0 aromatic heterocycles. The van der Waals surface area contributed by atoms with E-state index in [4.69, 9.17) is 9.57 Å². The minimum atomic E-state index is -1.42. The first-order valence-electron chi connectivity index (χ1n) is 21.6. The molecule has 2 saturated heterocycles. The lowest BCUT2D eigenvalue weighted by atomic mass is 9.84.